The minimum atomic E-state index is -3.66. The second-order valence-corrected chi connectivity index (χ2v) is 6.61. The van der Waals surface area contributed by atoms with Gasteiger partial charge in [0.1, 0.15) is 5.01 Å². The van der Waals surface area contributed by atoms with E-state index in [1.807, 2.05) is 0 Å². The lowest BCUT2D eigenvalue weighted by Crippen LogP contribution is -2.10. The maximum Gasteiger partial charge on any atom is 0.383 e. The molecular formula is C14H11ClF2N4O3S. The van der Waals surface area contributed by atoms with Gasteiger partial charge in [-0.1, -0.05) is 11.3 Å². The van der Waals surface area contributed by atoms with Crippen LogP contribution >= 0.6 is 22.9 Å². The third-order valence-corrected chi connectivity index (χ3v) is 4.64. The second kappa shape index (κ2) is 5.95. The minimum Gasteiger partial charge on any atom is -0.493 e. The Labute approximate surface area is 149 Å². The van der Waals surface area contributed by atoms with Gasteiger partial charge in [-0.2, -0.15) is 18.4 Å². The molecule has 4 rings (SSSR count). The molecule has 132 valence electrons. The first kappa shape index (κ1) is 16.3. The zero-order chi connectivity index (χ0) is 17.6. The molecule has 1 aliphatic rings. The third-order valence-electron chi connectivity index (χ3n) is 3.52. The fourth-order valence-electron chi connectivity index (χ4n) is 2.43. The number of fused-ring (bicyclic) bond motifs is 2. The summed E-state index contributed by atoms with van der Waals surface area (Å²) in [4.78, 5) is 0.205. The summed E-state index contributed by atoms with van der Waals surface area (Å²) >= 11 is 6.14. The predicted molar refractivity (Wildman–Crippen MR) is 86.0 cm³/mol. The van der Waals surface area contributed by atoms with Crippen molar-refractivity contribution >= 4 is 27.9 Å². The van der Waals surface area contributed by atoms with Crippen molar-refractivity contribution in [3.8, 4) is 27.8 Å². The lowest BCUT2D eigenvalue weighted by molar-refractivity contribution is 0.0821. The number of methoxy groups -OCH3 is 1. The van der Waals surface area contributed by atoms with E-state index in [1.165, 1.54) is 7.11 Å². The first-order valence-electron chi connectivity index (χ1n) is 7.25. The van der Waals surface area contributed by atoms with E-state index in [9.17, 15) is 8.78 Å². The summed E-state index contributed by atoms with van der Waals surface area (Å²) in [7, 11) is 1.51. The predicted octanol–water partition coefficient (Wildman–Crippen LogP) is 3.31. The molecule has 0 amide bonds. The number of halogens is 3. The maximum atomic E-state index is 13.4. The molecule has 11 heteroatoms. The van der Waals surface area contributed by atoms with Crippen LogP contribution in [0, 0.1) is 0 Å². The SMILES string of the molecule is COc1cc(-c2nn3c(C(F)(F)Cl)nnc3s2)cc2c1OCCCO2. The smallest absolute Gasteiger partial charge is 0.383 e. The van der Waals surface area contributed by atoms with Crippen molar-refractivity contribution in [1.82, 2.24) is 19.8 Å². The summed E-state index contributed by atoms with van der Waals surface area (Å²) in [5, 5.41) is 8.02. The summed E-state index contributed by atoms with van der Waals surface area (Å²) in [6.07, 6.45) is 0.748. The van der Waals surface area contributed by atoms with E-state index >= 15 is 0 Å². The summed E-state index contributed by atoms with van der Waals surface area (Å²) in [6, 6.07) is 3.44. The van der Waals surface area contributed by atoms with Crippen LogP contribution in [0.25, 0.3) is 15.5 Å². The fraction of sp³-hybridized carbons (Fsp3) is 0.357. The van der Waals surface area contributed by atoms with Gasteiger partial charge in [0.2, 0.25) is 16.5 Å². The Morgan fingerprint density at radius 2 is 2.08 bits per heavy atom. The lowest BCUT2D eigenvalue weighted by Gasteiger charge is -2.12. The van der Waals surface area contributed by atoms with Gasteiger partial charge in [0, 0.05) is 12.0 Å². The highest BCUT2D eigenvalue weighted by atomic mass is 35.5. The van der Waals surface area contributed by atoms with Crippen molar-refractivity contribution in [1.29, 1.82) is 0 Å². The highest BCUT2D eigenvalue weighted by Crippen LogP contribution is 2.43. The van der Waals surface area contributed by atoms with Gasteiger partial charge in [0.25, 0.3) is 0 Å². The molecule has 0 spiro atoms. The summed E-state index contributed by atoms with van der Waals surface area (Å²) in [6.45, 7) is 1.03. The van der Waals surface area contributed by atoms with Crippen molar-refractivity contribution in [2.45, 2.75) is 11.8 Å². The molecule has 7 nitrogen and oxygen atoms in total. The van der Waals surface area contributed by atoms with Gasteiger partial charge < -0.3 is 14.2 Å². The fourth-order valence-corrected chi connectivity index (χ4v) is 3.37. The summed E-state index contributed by atoms with van der Waals surface area (Å²) in [5.41, 5.74) is 0.625. The number of benzene rings is 1. The van der Waals surface area contributed by atoms with Gasteiger partial charge >= 0.3 is 5.38 Å². The Morgan fingerprint density at radius 1 is 1.28 bits per heavy atom. The largest absolute Gasteiger partial charge is 0.493 e. The van der Waals surface area contributed by atoms with Crippen LogP contribution in [-0.4, -0.2) is 40.1 Å². The quantitative estimate of drug-likeness (QED) is 0.641. The van der Waals surface area contributed by atoms with Gasteiger partial charge in [0.05, 0.1) is 20.3 Å². The molecule has 3 aromatic rings. The Kier molecular flexibility index (Phi) is 3.88. The minimum absolute atomic E-state index is 0.205. The molecule has 0 fully saturated rings. The van der Waals surface area contributed by atoms with Gasteiger partial charge in [-0.3, -0.25) is 0 Å². The van der Waals surface area contributed by atoms with Crippen LogP contribution in [0.5, 0.6) is 17.2 Å². The van der Waals surface area contributed by atoms with Gasteiger partial charge in [-0.15, -0.1) is 10.2 Å². The van der Waals surface area contributed by atoms with E-state index < -0.39 is 11.2 Å². The first-order valence-corrected chi connectivity index (χ1v) is 8.44. The van der Waals surface area contributed by atoms with Crippen molar-refractivity contribution in [2.24, 2.45) is 0 Å². The first-order chi connectivity index (χ1) is 12.0. The topological polar surface area (TPSA) is 70.8 Å². The van der Waals surface area contributed by atoms with Crippen LogP contribution in [0.15, 0.2) is 12.1 Å². The molecule has 0 unspecified atom stereocenters. The monoisotopic (exact) mass is 388 g/mol. The van der Waals surface area contributed by atoms with Crippen molar-refractivity contribution in [3.05, 3.63) is 18.0 Å². The van der Waals surface area contributed by atoms with E-state index in [4.69, 9.17) is 25.8 Å². The van der Waals surface area contributed by atoms with Crippen LogP contribution in [0.4, 0.5) is 8.78 Å². The molecule has 0 bridgehead atoms. The zero-order valence-corrected chi connectivity index (χ0v) is 14.4. The number of hydrogen-bond acceptors (Lipinski definition) is 7. The van der Waals surface area contributed by atoms with Crippen LogP contribution in [0.1, 0.15) is 12.2 Å². The average molecular weight is 389 g/mol. The molecule has 0 saturated carbocycles. The molecule has 2 aromatic heterocycles. The normalized spacial score (nSPS) is 14.6. The molecule has 0 atom stereocenters. The summed E-state index contributed by atoms with van der Waals surface area (Å²) < 4.78 is 44.4. The van der Waals surface area contributed by atoms with Crippen molar-refractivity contribution in [2.75, 3.05) is 20.3 Å². The Hall–Kier alpha value is -2.20. The van der Waals surface area contributed by atoms with Crippen LogP contribution < -0.4 is 14.2 Å². The number of ether oxygens (including phenoxy) is 3. The van der Waals surface area contributed by atoms with E-state index in [0.717, 1.165) is 22.3 Å². The number of aromatic nitrogens is 4. The van der Waals surface area contributed by atoms with Crippen LogP contribution in [0.2, 0.25) is 0 Å². The van der Waals surface area contributed by atoms with Crippen LogP contribution in [0.3, 0.4) is 0 Å². The lowest BCUT2D eigenvalue weighted by atomic mass is 10.2. The van der Waals surface area contributed by atoms with E-state index in [1.54, 1.807) is 12.1 Å². The zero-order valence-electron chi connectivity index (χ0n) is 12.8. The number of alkyl halides is 3. The van der Waals surface area contributed by atoms with Crippen molar-refractivity contribution in [3.63, 3.8) is 0 Å². The van der Waals surface area contributed by atoms with Gasteiger partial charge in [-0.25, -0.2) is 0 Å². The van der Waals surface area contributed by atoms with Crippen LogP contribution in [-0.2, 0) is 5.38 Å². The molecule has 0 N–H and O–H groups in total. The van der Waals surface area contributed by atoms with Crippen molar-refractivity contribution < 1.29 is 23.0 Å². The van der Waals surface area contributed by atoms with Gasteiger partial charge in [-0.05, 0) is 23.7 Å². The maximum absolute atomic E-state index is 13.4. The highest BCUT2D eigenvalue weighted by molar-refractivity contribution is 7.19. The van der Waals surface area contributed by atoms with E-state index in [0.29, 0.717) is 41.0 Å². The molecule has 1 aromatic carbocycles. The number of hydrogen-bond donors (Lipinski definition) is 0. The Morgan fingerprint density at radius 3 is 2.84 bits per heavy atom. The van der Waals surface area contributed by atoms with E-state index in [2.05, 4.69) is 15.3 Å². The molecule has 0 saturated heterocycles. The molecular weight excluding hydrogens is 378 g/mol. The number of nitrogens with zero attached hydrogens (tertiary/aromatic N) is 4. The third kappa shape index (κ3) is 2.85. The standard InChI is InChI=1S/C14H11ClF2N4O3S/c1-22-8-5-7(6-9-10(8)24-4-2-3-23-9)11-20-21-12(14(15,16)17)18-19-13(21)25-11/h5-6H,2-4H2,1H3. The number of rotatable bonds is 3. The molecule has 0 aliphatic carbocycles. The highest BCUT2D eigenvalue weighted by Gasteiger charge is 2.36. The Bertz CT molecular complexity index is 940. The molecule has 3 heterocycles. The average Bonchev–Trinajstić information content (AvgIpc) is 3.06. The molecule has 25 heavy (non-hydrogen) atoms. The second-order valence-electron chi connectivity index (χ2n) is 5.18. The summed E-state index contributed by atoms with van der Waals surface area (Å²) in [5.74, 6) is 0.775. The van der Waals surface area contributed by atoms with Gasteiger partial charge in [0.15, 0.2) is 11.5 Å². The van der Waals surface area contributed by atoms with E-state index in [-0.39, 0.29) is 4.96 Å². The molecule has 0 radical (unpaired) electrons. The Balaban J connectivity index is 1.83. The molecule has 1 aliphatic heterocycles.